The molecule has 0 saturated carbocycles. The topological polar surface area (TPSA) is 58.6 Å². The first-order chi connectivity index (χ1) is 8.75. The van der Waals surface area contributed by atoms with Crippen molar-refractivity contribution in [2.75, 3.05) is 0 Å². The van der Waals surface area contributed by atoms with E-state index in [1.54, 1.807) is 18.5 Å². The number of benzene rings is 1. The fourth-order valence-corrected chi connectivity index (χ4v) is 1.94. The molecule has 3 rings (SSSR count). The van der Waals surface area contributed by atoms with E-state index in [1.807, 2.05) is 31.2 Å². The number of aryl methyl sites for hydroxylation is 1. The van der Waals surface area contributed by atoms with Crippen molar-refractivity contribution in [1.29, 1.82) is 0 Å². The Morgan fingerprint density at radius 3 is 2.83 bits per heavy atom. The molecule has 0 aliphatic heterocycles. The summed E-state index contributed by atoms with van der Waals surface area (Å²) < 4.78 is 0. The van der Waals surface area contributed by atoms with Crippen molar-refractivity contribution in [2.45, 2.75) is 6.92 Å². The summed E-state index contributed by atoms with van der Waals surface area (Å²) in [4.78, 5) is 23.3. The zero-order valence-electron chi connectivity index (χ0n) is 9.84. The third-order valence-corrected chi connectivity index (χ3v) is 2.87. The van der Waals surface area contributed by atoms with Gasteiger partial charge >= 0.3 is 0 Å². The Balaban J connectivity index is 2.34. The number of nitrogens with one attached hydrogen (secondary N) is 1. The smallest absolute Gasteiger partial charge is 0.259 e. The molecule has 0 aliphatic rings. The van der Waals surface area contributed by atoms with Crippen molar-refractivity contribution in [1.82, 2.24) is 15.0 Å². The van der Waals surface area contributed by atoms with Gasteiger partial charge in [0.15, 0.2) is 0 Å². The lowest BCUT2D eigenvalue weighted by Crippen LogP contribution is -2.10. The lowest BCUT2D eigenvalue weighted by molar-refractivity contribution is 1.16. The molecule has 0 unspecified atom stereocenters. The fraction of sp³-hybridized carbons (Fsp3) is 0.0714. The summed E-state index contributed by atoms with van der Waals surface area (Å²) in [5, 5.41) is 0.614. The van der Waals surface area contributed by atoms with Crippen LogP contribution >= 0.6 is 0 Å². The predicted octanol–water partition coefficient (Wildman–Crippen LogP) is 2.29. The van der Waals surface area contributed by atoms with E-state index in [9.17, 15) is 4.79 Å². The van der Waals surface area contributed by atoms with Crippen molar-refractivity contribution >= 4 is 10.9 Å². The number of H-pyrrole nitrogens is 1. The standard InChI is InChI=1S/C14H11N3O/c1-9-4-2-6-11-12(9)16-13(17-14(11)18)10-5-3-7-15-8-10/h2-8H,1H3,(H,16,17,18). The molecule has 0 saturated heterocycles. The Morgan fingerprint density at radius 1 is 1.17 bits per heavy atom. The van der Waals surface area contributed by atoms with E-state index in [-0.39, 0.29) is 5.56 Å². The molecule has 0 spiro atoms. The van der Waals surface area contributed by atoms with E-state index >= 15 is 0 Å². The Hall–Kier alpha value is -2.49. The maximum atomic E-state index is 12.0. The highest BCUT2D eigenvalue weighted by Crippen LogP contribution is 2.17. The van der Waals surface area contributed by atoms with Crippen molar-refractivity contribution in [2.24, 2.45) is 0 Å². The Bertz CT molecular complexity index is 763. The highest BCUT2D eigenvalue weighted by Gasteiger charge is 2.07. The highest BCUT2D eigenvalue weighted by molar-refractivity contribution is 5.82. The summed E-state index contributed by atoms with van der Waals surface area (Å²) in [6.45, 7) is 1.95. The summed E-state index contributed by atoms with van der Waals surface area (Å²) in [6, 6.07) is 9.27. The second-order valence-electron chi connectivity index (χ2n) is 4.13. The van der Waals surface area contributed by atoms with Gasteiger partial charge in [-0.2, -0.15) is 0 Å². The average molecular weight is 237 g/mol. The van der Waals surface area contributed by atoms with E-state index in [1.165, 1.54) is 0 Å². The summed E-state index contributed by atoms with van der Waals surface area (Å²) in [5.41, 5.74) is 2.41. The number of hydrogen-bond acceptors (Lipinski definition) is 3. The number of aromatic amines is 1. The maximum Gasteiger partial charge on any atom is 0.259 e. The van der Waals surface area contributed by atoms with Crippen LogP contribution in [0.2, 0.25) is 0 Å². The van der Waals surface area contributed by atoms with Gasteiger partial charge in [-0.05, 0) is 30.7 Å². The lowest BCUT2D eigenvalue weighted by atomic mass is 10.1. The third kappa shape index (κ3) is 1.68. The SMILES string of the molecule is Cc1cccc2c(=O)[nH]c(-c3cccnc3)nc12. The second kappa shape index (κ2) is 4.07. The monoisotopic (exact) mass is 237 g/mol. The molecule has 2 heterocycles. The van der Waals surface area contributed by atoms with Crippen LogP contribution in [0.1, 0.15) is 5.56 Å². The molecule has 0 fully saturated rings. The normalized spacial score (nSPS) is 10.7. The number of nitrogens with zero attached hydrogens (tertiary/aromatic N) is 2. The first-order valence-corrected chi connectivity index (χ1v) is 5.66. The van der Waals surface area contributed by atoms with Crippen molar-refractivity contribution in [3.8, 4) is 11.4 Å². The van der Waals surface area contributed by atoms with Gasteiger partial charge in [0.1, 0.15) is 5.82 Å². The molecule has 18 heavy (non-hydrogen) atoms. The molecule has 0 radical (unpaired) electrons. The van der Waals surface area contributed by atoms with Crippen molar-refractivity contribution in [3.63, 3.8) is 0 Å². The van der Waals surface area contributed by atoms with Gasteiger partial charge in [-0.1, -0.05) is 12.1 Å². The molecule has 0 atom stereocenters. The second-order valence-corrected chi connectivity index (χ2v) is 4.13. The molecular weight excluding hydrogens is 226 g/mol. The Morgan fingerprint density at radius 2 is 2.06 bits per heavy atom. The van der Waals surface area contributed by atoms with Gasteiger partial charge in [0.05, 0.1) is 10.9 Å². The molecule has 0 bridgehead atoms. The zero-order chi connectivity index (χ0) is 12.5. The lowest BCUT2D eigenvalue weighted by Gasteiger charge is -2.04. The number of pyridine rings is 1. The van der Waals surface area contributed by atoms with Crippen LogP contribution < -0.4 is 5.56 Å². The van der Waals surface area contributed by atoms with Gasteiger partial charge in [-0.15, -0.1) is 0 Å². The average Bonchev–Trinajstić information content (AvgIpc) is 2.41. The predicted molar refractivity (Wildman–Crippen MR) is 70.3 cm³/mol. The minimum absolute atomic E-state index is 0.123. The number of aromatic nitrogens is 3. The first-order valence-electron chi connectivity index (χ1n) is 5.66. The molecule has 88 valence electrons. The Labute approximate surface area is 103 Å². The first kappa shape index (κ1) is 10.7. The Kier molecular flexibility index (Phi) is 2.41. The highest BCUT2D eigenvalue weighted by atomic mass is 16.1. The van der Waals surface area contributed by atoms with Crippen LogP contribution in [0.15, 0.2) is 47.5 Å². The molecule has 2 aromatic heterocycles. The quantitative estimate of drug-likeness (QED) is 0.706. The third-order valence-electron chi connectivity index (χ3n) is 2.87. The maximum absolute atomic E-state index is 12.0. The zero-order valence-corrected chi connectivity index (χ0v) is 9.84. The van der Waals surface area contributed by atoms with Crippen molar-refractivity contribution < 1.29 is 0 Å². The molecule has 1 aromatic carbocycles. The van der Waals surface area contributed by atoms with Gasteiger partial charge in [0.2, 0.25) is 0 Å². The van der Waals surface area contributed by atoms with E-state index in [0.717, 1.165) is 16.6 Å². The van der Waals surface area contributed by atoms with Gasteiger partial charge in [-0.25, -0.2) is 4.98 Å². The molecule has 0 amide bonds. The fourth-order valence-electron chi connectivity index (χ4n) is 1.94. The molecule has 4 heteroatoms. The molecule has 3 aromatic rings. The molecule has 1 N–H and O–H groups in total. The summed E-state index contributed by atoms with van der Waals surface area (Å²) >= 11 is 0. The van der Waals surface area contributed by atoms with Crippen LogP contribution in [0.25, 0.3) is 22.3 Å². The van der Waals surface area contributed by atoms with Crippen LogP contribution in [-0.4, -0.2) is 15.0 Å². The van der Waals surface area contributed by atoms with E-state index < -0.39 is 0 Å². The summed E-state index contributed by atoms with van der Waals surface area (Å²) in [6.07, 6.45) is 3.37. The number of hydrogen-bond donors (Lipinski definition) is 1. The molecule has 0 aliphatic carbocycles. The van der Waals surface area contributed by atoms with Crippen molar-refractivity contribution in [3.05, 3.63) is 58.6 Å². The number of rotatable bonds is 1. The minimum Gasteiger partial charge on any atom is -0.306 e. The van der Waals surface area contributed by atoms with Crippen LogP contribution in [0.5, 0.6) is 0 Å². The largest absolute Gasteiger partial charge is 0.306 e. The molecular formula is C14H11N3O. The van der Waals surface area contributed by atoms with Gasteiger partial charge in [0.25, 0.3) is 5.56 Å². The van der Waals surface area contributed by atoms with Gasteiger partial charge in [-0.3, -0.25) is 9.78 Å². The van der Waals surface area contributed by atoms with Gasteiger partial charge in [0, 0.05) is 18.0 Å². The number of para-hydroxylation sites is 1. The summed E-state index contributed by atoms with van der Waals surface area (Å²) in [7, 11) is 0. The van der Waals surface area contributed by atoms with Crippen LogP contribution in [-0.2, 0) is 0 Å². The van der Waals surface area contributed by atoms with E-state index in [2.05, 4.69) is 15.0 Å². The summed E-state index contributed by atoms with van der Waals surface area (Å²) in [5.74, 6) is 0.551. The van der Waals surface area contributed by atoms with Crippen LogP contribution in [0.4, 0.5) is 0 Å². The minimum atomic E-state index is -0.123. The number of fused-ring (bicyclic) bond motifs is 1. The van der Waals surface area contributed by atoms with E-state index in [4.69, 9.17) is 0 Å². The van der Waals surface area contributed by atoms with Gasteiger partial charge < -0.3 is 4.98 Å². The van der Waals surface area contributed by atoms with E-state index in [0.29, 0.717) is 11.2 Å². The van der Waals surface area contributed by atoms with Crippen LogP contribution in [0.3, 0.4) is 0 Å². The van der Waals surface area contributed by atoms with Crippen LogP contribution in [0, 0.1) is 6.92 Å². The molecule has 4 nitrogen and oxygen atoms in total.